The van der Waals surface area contributed by atoms with E-state index in [2.05, 4.69) is 0 Å². The van der Waals surface area contributed by atoms with Crippen LogP contribution in [0, 0.1) is 5.82 Å². The van der Waals surface area contributed by atoms with Gasteiger partial charge < -0.3 is 14.4 Å². The molecule has 0 unspecified atom stereocenters. The average molecular weight is 396 g/mol. The van der Waals surface area contributed by atoms with Crippen LogP contribution < -0.4 is 4.74 Å². The summed E-state index contributed by atoms with van der Waals surface area (Å²) in [5.74, 6) is -0.583. The van der Waals surface area contributed by atoms with E-state index < -0.39 is 0 Å². The van der Waals surface area contributed by atoms with E-state index in [9.17, 15) is 14.0 Å². The van der Waals surface area contributed by atoms with E-state index in [-0.39, 0.29) is 24.2 Å². The first-order chi connectivity index (χ1) is 14.1. The molecule has 6 nitrogen and oxygen atoms in total. The van der Waals surface area contributed by atoms with Crippen molar-refractivity contribution in [2.45, 2.75) is 6.54 Å². The molecular formula is C22H21FN2O4. The normalized spacial score (nSPS) is 17.3. The van der Waals surface area contributed by atoms with Gasteiger partial charge in [-0.3, -0.25) is 14.5 Å². The van der Waals surface area contributed by atoms with Crippen molar-refractivity contribution in [1.82, 2.24) is 9.80 Å². The maximum Gasteiger partial charge on any atom is 0.278 e. The predicted molar refractivity (Wildman–Crippen MR) is 104 cm³/mol. The molecule has 0 aliphatic carbocycles. The van der Waals surface area contributed by atoms with Crippen LogP contribution in [0.2, 0.25) is 0 Å². The molecule has 0 radical (unpaired) electrons. The van der Waals surface area contributed by atoms with Crippen LogP contribution in [0.5, 0.6) is 5.75 Å². The number of amides is 2. The van der Waals surface area contributed by atoms with Crippen LogP contribution in [0.15, 0.2) is 54.2 Å². The Balaban J connectivity index is 1.76. The summed E-state index contributed by atoms with van der Waals surface area (Å²) >= 11 is 0. The largest absolute Gasteiger partial charge is 0.496 e. The van der Waals surface area contributed by atoms with Gasteiger partial charge in [0.1, 0.15) is 17.3 Å². The number of carbonyl (C=O) groups excluding carboxylic acids is 2. The first-order valence-corrected chi connectivity index (χ1v) is 9.41. The smallest absolute Gasteiger partial charge is 0.278 e. The van der Waals surface area contributed by atoms with Crippen molar-refractivity contribution >= 4 is 17.4 Å². The highest BCUT2D eigenvalue weighted by atomic mass is 19.1. The maximum absolute atomic E-state index is 13.4. The number of benzene rings is 2. The summed E-state index contributed by atoms with van der Waals surface area (Å²) in [6.07, 6.45) is 0. The highest BCUT2D eigenvalue weighted by Crippen LogP contribution is 2.37. The molecule has 7 heteroatoms. The Morgan fingerprint density at radius 1 is 1.00 bits per heavy atom. The number of methoxy groups -OCH3 is 1. The molecular weight excluding hydrogens is 375 g/mol. The van der Waals surface area contributed by atoms with E-state index in [1.807, 2.05) is 17.0 Å². The van der Waals surface area contributed by atoms with Gasteiger partial charge >= 0.3 is 0 Å². The minimum absolute atomic E-state index is 0.0738. The van der Waals surface area contributed by atoms with Crippen LogP contribution in [0.25, 0.3) is 5.57 Å². The zero-order valence-corrected chi connectivity index (χ0v) is 16.1. The standard InChI is InChI=1S/C22H21FN2O4/c1-28-18-5-3-2-4-17(18)19-20(24-10-12-29-13-11-24)22(27)25(21(19)26)14-15-6-8-16(23)9-7-15/h2-9H,10-14H2,1H3. The molecule has 0 aromatic heterocycles. The maximum atomic E-state index is 13.4. The third-order valence-electron chi connectivity index (χ3n) is 5.10. The second kappa shape index (κ2) is 8.05. The van der Waals surface area contributed by atoms with Crippen molar-refractivity contribution < 1.29 is 23.5 Å². The number of hydrogen-bond acceptors (Lipinski definition) is 5. The molecule has 2 aliphatic heterocycles. The fraction of sp³-hybridized carbons (Fsp3) is 0.273. The van der Waals surface area contributed by atoms with Crippen molar-refractivity contribution in [3.05, 3.63) is 71.2 Å². The van der Waals surface area contributed by atoms with Crippen LogP contribution in [0.1, 0.15) is 11.1 Å². The molecule has 1 fully saturated rings. The fourth-order valence-electron chi connectivity index (χ4n) is 3.65. The van der Waals surface area contributed by atoms with E-state index in [0.717, 1.165) is 0 Å². The lowest BCUT2D eigenvalue weighted by atomic mass is 10.0. The number of imide groups is 1. The Hall–Kier alpha value is -3.19. The zero-order chi connectivity index (χ0) is 20.4. The van der Waals surface area contributed by atoms with Gasteiger partial charge in [0, 0.05) is 18.7 Å². The molecule has 29 heavy (non-hydrogen) atoms. The molecule has 2 heterocycles. The summed E-state index contributed by atoms with van der Waals surface area (Å²) in [6.45, 7) is 2.10. The molecule has 0 N–H and O–H groups in total. The third kappa shape index (κ3) is 3.61. The van der Waals surface area contributed by atoms with Gasteiger partial charge in [-0.1, -0.05) is 30.3 Å². The summed E-state index contributed by atoms with van der Waals surface area (Å²) in [7, 11) is 1.53. The van der Waals surface area contributed by atoms with Crippen molar-refractivity contribution in [2.24, 2.45) is 0 Å². The van der Waals surface area contributed by atoms with Crippen molar-refractivity contribution in [3.8, 4) is 5.75 Å². The number of nitrogens with zero attached hydrogens (tertiary/aromatic N) is 2. The number of rotatable bonds is 5. The summed E-state index contributed by atoms with van der Waals surface area (Å²) in [4.78, 5) is 29.8. The molecule has 0 bridgehead atoms. The Morgan fingerprint density at radius 2 is 1.69 bits per heavy atom. The van der Waals surface area contributed by atoms with E-state index in [4.69, 9.17) is 9.47 Å². The second-order valence-corrected chi connectivity index (χ2v) is 6.85. The number of carbonyl (C=O) groups is 2. The molecule has 1 saturated heterocycles. The van der Waals surface area contributed by atoms with Crippen molar-refractivity contribution in [1.29, 1.82) is 0 Å². The first kappa shape index (κ1) is 19.1. The SMILES string of the molecule is COc1ccccc1C1=C(N2CCOCC2)C(=O)N(Cc2ccc(F)cc2)C1=O. The van der Waals surface area contributed by atoms with Gasteiger partial charge in [-0.15, -0.1) is 0 Å². The molecule has 0 saturated carbocycles. The number of halogens is 1. The lowest BCUT2D eigenvalue weighted by molar-refractivity contribution is -0.138. The Kier molecular flexibility index (Phi) is 5.31. The number of ether oxygens (including phenoxy) is 2. The van der Waals surface area contributed by atoms with Gasteiger partial charge in [-0.2, -0.15) is 0 Å². The molecule has 2 aliphatic rings. The van der Waals surface area contributed by atoms with E-state index >= 15 is 0 Å². The molecule has 2 aromatic carbocycles. The zero-order valence-electron chi connectivity index (χ0n) is 16.1. The minimum atomic E-state index is -0.384. The van der Waals surface area contributed by atoms with Gasteiger partial charge in [-0.25, -0.2) is 4.39 Å². The molecule has 2 aromatic rings. The summed E-state index contributed by atoms with van der Waals surface area (Å²) in [5.41, 5.74) is 1.95. The number of morpholine rings is 1. The van der Waals surface area contributed by atoms with Crippen LogP contribution in [0.4, 0.5) is 4.39 Å². The van der Waals surface area contributed by atoms with Gasteiger partial charge in [0.05, 0.1) is 32.4 Å². The monoisotopic (exact) mass is 396 g/mol. The summed E-state index contributed by atoms with van der Waals surface area (Å²) in [6, 6.07) is 12.9. The lowest BCUT2D eigenvalue weighted by Crippen LogP contribution is -2.40. The van der Waals surface area contributed by atoms with Gasteiger partial charge in [-0.05, 0) is 23.8 Å². The Labute approximate surface area is 168 Å². The Morgan fingerprint density at radius 3 is 2.38 bits per heavy atom. The number of hydrogen-bond donors (Lipinski definition) is 0. The highest BCUT2D eigenvalue weighted by molar-refractivity contribution is 6.35. The fourth-order valence-corrected chi connectivity index (χ4v) is 3.65. The molecule has 2 amide bonds. The van der Waals surface area contributed by atoms with Gasteiger partial charge in [0.15, 0.2) is 0 Å². The van der Waals surface area contributed by atoms with Crippen LogP contribution in [-0.4, -0.2) is 55.0 Å². The van der Waals surface area contributed by atoms with E-state index in [1.54, 1.807) is 24.3 Å². The Bertz CT molecular complexity index is 965. The predicted octanol–water partition coefficient (Wildman–Crippen LogP) is 2.45. The van der Waals surface area contributed by atoms with Gasteiger partial charge in [0.25, 0.3) is 11.8 Å². The van der Waals surface area contributed by atoms with Crippen molar-refractivity contribution in [2.75, 3.05) is 33.4 Å². The second-order valence-electron chi connectivity index (χ2n) is 6.85. The molecule has 4 rings (SSSR count). The molecule has 150 valence electrons. The highest BCUT2D eigenvalue weighted by Gasteiger charge is 2.42. The third-order valence-corrected chi connectivity index (χ3v) is 5.10. The number of para-hydroxylation sites is 1. The first-order valence-electron chi connectivity index (χ1n) is 9.41. The topological polar surface area (TPSA) is 59.1 Å². The van der Waals surface area contributed by atoms with Crippen LogP contribution >= 0.6 is 0 Å². The van der Waals surface area contributed by atoms with Crippen molar-refractivity contribution in [3.63, 3.8) is 0 Å². The minimum Gasteiger partial charge on any atom is -0.496 e. The molecule has 0 atom stereocenters. The molecule has 0 spiro atoms. The lowest BCUT2D eigenvalue weighted by Gasteiger charge is -2.29. The van der Waals surface area contributed by atoms with Crippen LogP contribution in [0.3, 0.4) is 0 Å². The quantitative estimate of drug-likeness (QED) is 0.727. The summed E-state index contributed by atoms with van der Waals surface area (Å²) in [5, 5.41) is 0. The van der Waals surface area contributed by atoms with Crippen LogP contribution in [-0.2, 0) is 20.9 Å². The van der Waals surface area contributed by atoms with E-state index in [0.29, 0.717) is 54.4 Å². The van der Waals surface area contributed by atoms with E-state index in [1.165, 1.54) is 24.1 Å². The summed E-state index contributed by atoms with van der Waals surface area (Å²) < 4.78 is 24.1. The van der Waals surface area contributed by atoms with Gasteiger partial charge in [0.2, 0.25) is 0 Å². The average Bonchev–Trinajstić information content (AvgIpc) is 3.00.